The molecular formula is C22H16O6. The molecule has 0 saturated carbocycles. The highest BCUT2D eigenvalue weighted by atomic mass is 16.6. The highest BCUT2D eigenvalue weighted by Gasteiger charge is 2.53. The summed E-state index contributed by atoms with van der Waals surface area (Å²) in [5, 5.41) is 10.4. The maximum atomic E-state index is 13.2. The number of carbonyl (C=O) groups excluding carboxylic acids is 2. The van der Waals surface area contributed by atoms with Crippen molar-refractivity contribution in [3.63, 3.8) is 0 Å². The Labute approximate surface area is 159 Å². The molecule has 1 N–H and O–H groups in total. The molecule has 0 bridgehead atoms. The van der Waals surface area contributed by atoms with Gasteiger partial charge in [-0.05, 0) is 38.5 Å². The second-order valence-corrected chi connectivity index (χ2v) is 7.52. The SMILES string of the molecule is Cc1cc2c(c3oc(C4(C)OC4C)cc(=O)c13)C(=O)c1c(O)cccc1C2=O. The number of rotatable bonds is 1. The third-order valence-corrected chi connectivity index (χ3v) is 5.81. The van der Waals surface area contributed by atoms with Gasteiger partial charge in [-0.15, -0.1) is 0 Å². The number of hydrogen-bond acceptors (Lipinski definition) is 6. The number of ketones is 2. The van der Waals surface area contributed by atoms with Crippen LogP contribution in [0.4, 0.5) is 0 Å². The van der Waals surface area contributed by atoms with E-state index in [4.69, 9.17) is 9.15 Å². The van der Waals surface area contributed by atoms with Crippen LogP contribution in [0.2, 0.25) is 0 Å². The number of phenols is 1. The molecule has 0 radical (unpaired) electrons. The molecule has 2 unspecified atom stereocenters. The number of ether oxygens (including phenoxy) is 1. The summed E-state index contributed by atoms with van der Waals surface area (Å²) in [7, 11) is 0. The van der Waals surface area contributed by atoms with E-state index in [1.54, 1.807) is 19.9 Å². The van der Waals surface area contributed by atoms with Crippen molar-refractivity contribution in [3.05, 3.63) is 74.1 Å². The Morgan fingerprint density at radius 1 is 1.04 bits per heavy atom. The van der Waals surface area contributed by atoms with Crippen molar-refractivity contribution in [1.29, 1.82) is 0 Å². The van der Waals surface area contributed by atoms with Gasteiger partial charge in [-0.3, -0.25) is 14.4 Å². The lowest BCUT2D eigenvalue weighted by Gasteiger charge is -2.20. The van der Waals surface area contributed by atoms with Gasteiger partial charge in [-0.25, -0.2) is 0 Å². The maximum Gasteiger partial charge on any atom is 0.202 e. The van der Waals surface area contributed by atoms with Crippen LogP contribution in [-0.4, -0.2) is 22.8 Å². The van der Waals surface area contributed by atoms with Gasteiger partial charge in [-0.2, -0.15) is 0 Å². The minimum atomic E-state index is -0.744. The topological polar surface area (TPSA) is 97.1 Å². The van der Waals surface area contributed by atoms with Crippen LogP contribution in [0.5, 0.6) is 5.75 Å². The highest BCUT2D eigenvalue weighted by molar-refractivity contribution is 6.32. The molecule has 0 amide bonds. The molecule has 1 fully saturated rings. The first-order chi connectivity index (χ1) is 13.2. The molecule has 5 rings (SSSR count). The van der Waals surface area contributed by atoms with E-state index < -0.39 is 11.4 Å². The van der Waals surface area contributed by atoms with Crippen molar-refractivity contribution in [2.24, 2.45) is 0 Å². The Bertz CT molecular complexity index is 1300. The van der Waals surface area contributed by atoms with E-state index in [9.17, 15) is 19.5 Å². The number of phenolic OH excluding ortho intramolecular Hbond substituents is 1. The Kier molecular flexibility index (Phi) is 3.12. The Balaban J connectivity index is 1.90. The van der Waals surface area contributed by atoms with Crippen LogP contribution in [0.25, 0.3) is 11.0 Å². The molecular weight excluding hydrogens is 360 g/mol. The predicted molar refractivity (Wildman–Crippen MR) is 100 cm³/mol. The smallest absolute Gasteiger partial charge is 0.202 e. The summed E-state index contributed by atoms with van der Waals surface area (Å²) in [5.74, 6) is -0.891. The van der Waals surface area contributed by atoms with E-state index in [1.807, 2.05) is 6.92 Å². The number of aromatic hydroxyl groups is 1. The summed E-state index contributed by atoms with van der Waals surface area (Å²) < 4.78 is 11.6. The molecule has 1 aliphatic carbocycles. The quantitative estimate of drug-likeness (QED) is 0.512. The number of hydrogen-bond donors (Lipinski definition) is 1. The molecule has 1 aliphatic heterocycles. The van der Waals surface area contributed by atoms with Gasteiger partial charge in [-0.1, -0.05) is 12.1 Å². The van der Waals surface area contributed by atoms with Gasteiger partial charge in [0.1, 0.15) is 22.7 Å². The van der Waals surface area contributed by atoms with Gasteiger partial charge < -0.3 is 14.3 Å². The molecule has 140 valence electrons. The molecule has 0 spiro atoms. The van der Waals surface area contributed by atoms with Gasteiger partial charge >= 0.3 is 0 Å². The van der Waals surface area contributed by atoms with Gasteiger partial charge in [0.05, 0.1) is 22.6 Å². The van der Waals surface area contributed by atoms with Crippen molar-refractivity contribution < 1.29 is 23.8 Å². The molecule has 2 aromatic carbocycles. The standard InChI is InChI=1S/C22H16O6/c1-9-7-12-18(20(26)17-11(19(12)25)5-4-6-13(17)23)21-16(9)14(24)8-15(27-21)22(3)10(2)28-22/h4-8,10,23H,1-3H3. The van der Waals surface area contributed by atoms with Crippen molar-refractivity contribution in [1.82, 2.24) is 0 Å². The normalized spacial score (nSPS) is 22.9. The van der Waals surface area contributed by atoms with E-state index in [1.165, 1.54) is 24.3 Å². The zero-order valence-electron chi connectivity index (χ0n) is 15.5. The molecule has 2 heterocycles. The largest absolute Gasteiger partial charge is 0.507 e. The third kappa shape index (κ3) is 1.98. The summed E-state index contributed by atoms with van der Waals surface area (Å²) in [6.45, 7) is 5.36. The van der Waals surface area contributed by atoms with E-state index in [0.717, 1.165) is 0 Å². The minimum absolute atomic E-state index is 0.00968. The molecule has 1 saturated heterocycles. The fraction of sp³-hybridized carbons (Fsp3) is 0.227. The number of benzene rings is 2. The summed E-state index contributed by atoms with van der Waals surface area (Å²) in [6.07, 6.45) is -0.129. The first kappa shape index (κ1) is 16.9. The summed E-state index contributed by atoms with van der Waals surface area (Å²) >= 11 is 0. The second-order valence-electron chi connectivity index (χ2n) is 7.52. The average Bonchev–Trinajstić information content (AvgIpc) is 3.26. The number of aryl methyl sites for hydroxylation is 1. The summed E-state index contributed by atoms with van der Waals surface area (Å²) in [5.41, 5.74) is -0.183. The van der Waals surface area contributed by atoms with E-state index in [0.29, 0.717) is 11.3 Å². The van der Waals surface area contributed by atoms with Gasteiger partial charge in [0.25, 0.3) is 0 Å². The average molecular weight is 376 g/mol. The lowest BCUT2D eigenvalue weighted by atomic mass is 9.81. The first-order valence-corrected chi connectivity index (χ1v) is 8.95. The molecule has 6 heteroatoms. The lowest BCUT2D eigenvalue weighted by Crippen LogP contribution is -2.23. The zero-order valence-corrected chi connectivity index (χ0v) is 15.5. The van der Waals surface area contributed by atoms with Crippen molar-refractivity contribution in [2.75, 3.05) is 0 Å². The molecule has 2 aliphatic rings. The van der Waals surface area contributed by atoms with E-state index in [2.05, 4.69) is 0 Å². The lowest BCUT2D eigenvalue weighted by molar-refractivity contribution is 0.0977. The van der Waals surface area contributed by atoms with Gasteiger partial charge in [0, 0.05) is 17.2 Å². The Morgan fingerprint density at radius 2 is 1.75 bits per heavy atom. The monoisotopic (exact) mass is 376 g/mol. The first-order valence-electron chi connectivity index (χ1n) is 8.95. The van der Waals surface area contributed by atoms with E-state index in [-0.39, 0.29) is 56.3 Å². The van der Waals surface area contributed by atoms with Crippen LogP contribution < -0.4 is 5.43 Å². The predicted octanol–water partition coefficient (Wildman–Crippen LogP) is 3.22. The van der Waals surface area contributed by atoms with Crippen molar-refractivity contribution in [3.8, 4) is 5.75 Å². The van der Waals surface area contributed by atoms with Crippen LogP contribution in [0.1, 0.15) is 57.0 Å². The third-order valence-electron chi connectivity index (χ3n) is 5.81. The molecule has 28 heavy (non-hydrogen) atoms. The molecule has 2 atom stereocenters. The van der Waals surface area contributed by atoms with E-state index >= 15 is 0 Å². The van der Waals surface area contributed by atoms with Crippen LogP contribution in [-0.2, 0) is 10.3 Å². The number of epoxide rings is 1. The van der Waals surface area contributed by atoms with Gasteiger partial charge in [0.15, 0.2) is 11.2 Å². The maximum absolute atomic E-state index is 13.2. The fourth-order valence-corrected chi connectivity index (χ4v) is 4.00. The summed E-state index contributed by atoms with van der Waals surface area (Å²) in [4.78, 5) is 39.1. The van der Waals surface area contributed by atoms with Crippen LogP contribution in [0.3, 0.4) is 0 Å². The van der Waals surface area contributed by atoms with Crippen LogP contribution in [0.15, 0.2) is 39.5 Å². The highest BCUT2D eigenvalue weighted by Crippen LogP contribution is 2.46. The summed E-state index contributed by atoms with van der Waals surface area (Å²) in [6, 6.07) is 7.30. The molecule has 3 aromatic rings. The van der Waals surface area contributed by atoms with Crippen LogP contribution >= 0.6 is 0 Å². The van der Waals surface area contributed by atoms with Crippen molar-refractivity contribution >= 4 is 22.5 Å². The Hall–Kier alpha value is -3.25. The Morgan fingerprint density at radius 3 is 2.43 bits per heavy atom. The van der Waals surface area contributed by atoms with Gasteiger partial charge in [0.2, 0.25) is 5.78 Å². The zero-order chi connectivity index (χ0) is 20.0. The second kappa shape index (κ2) is 5.17. The number of carbonyl (C=O) groups is 2. The fourth-order valence-electron chi connectivity index (χ4n) is 4.00. The molecule has 6 nitrogen and oxygen atoms in total. The van der Waals surface area contributed by atoms with Crippen LogP contribution in [0, 0.1) is 6.92 Å². The molecule has 1 aromatic heterocycles. The minimum Gasteiger partial charge on any atom is -0.507 e. The number of fused-ring (bicyclic) bond motifs is 4. The van der Waals surface area contributed by atoms with Crippen molar-refractivity contribution in [2.45, 2.75) is 32.5 Å².